The number of sulfonamides is 1. The molecular weight excluding hydrogens is 506 g/mol. The third-order valence-electron chi connectivity index (χ3n) is 5.44. The molecule has 3 aromatic rings. The highest BCUT2D eigenvalue weighted by molar-refractivity contribution is 7.98. The van der Waals surface area contributed by atoms with Gasteiger partial charge >= 0.3 is 0 Å². The van der Waals surface area contributed by atoms with Crippen molar-refractivity contribution in [2.24, 2.45) is 10.9 Å². The molecule has 0 radical (unpaired) electrons. The Morgan fingerprint density at radius 3 is 2.81 bits per heavy atom. The molecule has 1 aromatic carbocycles. The number of hydrogen-bond donors (Lipinski definition) is 0. The zero-order valence-corrected chi connectivity index (χ0v) is 21.8. The van der Waals surface area contributed by atoms with E-state index in [1.54, 1.807) is 17.8 Å². The van der Waals surface area contributed by atoms with E-state index in [0.717, 1.165) is 39.4 Å². The van der Waals surface area contributed by atoms with E-state index in [9.17, 15) is 13.2 Å². The van der Waals surface area contributed by atoms with Crippen LogP contribution in [0.4, 0.5) is 0 Å². The number of carbonyl (C=O) groups excluding carboxylic acids is 1. The number of halogens is 1. The van der Waals surface area contributed by atoms with Gasteiger partial charge in [-0.3, -0.25) is 4.79 Å². The van der Waals surface area contributed by atoms with Crippen molar-refractivity contribution in [3.05, 3.63) is 45.0 Å². The van der Waals surface area contributed by atoms with Crippen LogP contribution in [0.2, 0.25) is 4.34 Å². The van der Waals surface area contributed by atoms with Gasteiger partial charge in [-0.15, -0.1) is 11.3 Å². The van der Waals surface area contributed by atoms with Gasteiger partial charge < -0.3 is 4.57 Å². The fourth-order valence-electron chi connectivity index (χ4n) is 3.78. The monoisotopic (exact) mass is 529 g/mol. The molecule has 1 aliphatic heterocycles. The van der Waals surface area contributed by atoms with Crippen LogP contribution < -0.4 is 4.80 Å². The summed E-state index contributed by atoms with van der Waals surface area (Å²) in [5.41, 5.74) is 2.24. The first kappa shape index (κ1) is 24.0. The summed E-state index contributed by atoms with van der Waals surface area (Å²) in [6.07, 6.45) is 3.32. The molecule has 0 bridgehead atoms. The van der Waals surface area contributed by atoms with Crippen molar-refractivity contribution in [3.63, 3.8) is 0 Å². The molecule has 1 saturated heterocycles. The first-order valence-electron chi connectivity index (χ1n) is 10.2. The number of piperidine rings is 1. The summed E-state index contributed by atoms with van der Waals surface area (Å²) < 4.78 is 31.2. The number of rotatable bonds is 6. The SMILES string of the molecule is CSCCn1c(=NC(=O)C2CCCN(S(=O)(=O)c3ccc(Cl)s3)C2)sc2cc(C)ccc21. The maximum Gasteiger partial charge on any atom is 0.252 e. The quantitative estimate of drug-likeness (QED) is 0.467. The molecule has 0 saturated carbocycles. The van der Waals surface area contributed by atoms with Crippen LogP contribution in [0, 0.1) is 12.8 Å². The number of aryl methyl sites for hydroxylation is 2. The lowest BCUT2D eigenvalue weighted by Crippen LogP contribution is -2.42. The Labute approximate surface area is 205 Å². The molecule has 0 aliphatic carbocycles. The lowest BCUT2D eigenvalue weighted by molar-refractivity contribution is -0.122. The average Bonchev–Trinajstić information content (AvgIpc) is 3.35. The van der Waals surface area contributed by atoms with Crippen molar-refractivity contribution < 1.29 is 13.2 Å². The molecule has 2 aromatic heterocycles. The number of aromatic nitrogens is 1. The van der Waals surface area contributed by atoms with Crippen molar-refractivity contribution in [2.45, 2.75) is 30.5 Å². The van der Waals surface area contributed by atoms with Gasteiger partial charge in [0.2, 0.25) is 0 Å². The van der Waals surface area contributed by atoms with Crippen LogP contribution in [-0.4, -0.2) is 48.3 Å². The lowest BCUT2D eigenvalue weighted by atomic mass is 9.99. The molecule has 172 valence electrons. The van der Waals surface area contributed by atoms with E-state index >= 15 is 0 Å². The second-order valence-electron chi connectivity index (χ2n) is 7.71. The van der Waals surface area contributed by atoms with Crippen molar-refractivity contribution in [1.82, 2.24) is 8.87 Å². The Balaban J connectivity index is 1.62. The fourth-order valence-corrected chi connectivity index (χ4v) is 8.46. The van der Waals surface area contributed by atoms with Crippen LogP contribution in [0.25, 0.3) is 10.2 Å². The topological polar surface area (TPSA) is 71.7 Å². The fraction of sp³-hybridized carbons (Fsp3) is 0.429. The minimum Gasteiger partial charge on any atom is -0.316 e. The molecule has 0 N–H and O–H groups in total. The normalized spacial score (nSPS) is 18.5. The van der Waals surface area contributed by atoms with Gasteiger partial charge in [0.25, 0.3) is 15.9 Å². The molecule has 1 amide bonds. The maximum absolute atomic E-state index is 13.1. The van der Waals surface area contributed by atoms with Crippen molar-refractivity contribution in [2.75, 3.05) is 25.1 Å². The Kier molecular flexibility index (Phi) is 7.48. The van der Waals surface area contributed by atoms with Gasteiger partial charge in [0.1, 0.15) is 4.21 Å². The largest absolute Gasteiger partial charge is 0.316 e. The van der Waals surface area contributed by atoms with E-state index in [1.807, 2.05) is 6.92 Å². The summed E-state index contributed by atoms with van der Waals surface area (Å²) in [5.74, 6) is 0.213. The third kappa shape index (κ3) is 5.00. The Hall–Kier alpha value is -1.17. The smallest absolute Gasteiger partial charge is 0.252 e. The lowest BCUT2D eigenvalue weighted by Gasteiger charge is -2.29. The maximum atomic E-state index is 13.1. The van der Waals surface area contributed by atoms with E-state index in [4.69, 9.17) is 11.6 Å². The number of carbonyl (C=O) groups is 1. The summed E-state index contributed by atoms with van der Waals surface area (Å²) in [4.78, 5) is 18.3. The molecule has 1 atom stereocenters. The van der Waals surface area contributed by atoms with Crippen molar-refractivity contribution in [1.29, 1.82) is 0 Å². The standard InChI is InChI=1S/C21H24ClN3O3S4/c1-14-5-6-16-17(12-14)30-21(25(16)10-11-29-2)23-20(26)15-4-3-9-24(13-15)32(27,28)19-8-7-18(22)31-19/h5-8,12,15H,3-4,9-11,13H2,1-2H3. The molecular formula is C21H24ClN3O3S4. The summed E-state index contributed by atoms with van der Waals surface area (Å²) in [6, 6.07) is 9.35. The van der Waals surface area contributed by atoms with Crippen molar-refractivity contribution in [3.8, 4) is 0 Å². The first-order chi connectivity index (χ1) is 15.3. The second-order valence-corrected chi connectivity index (χ2v) is 13.6. The van der Waals surface area contributed by atoms with Gasteiger partial charge in [0.05, 0.1) is 20.5 Å². The molecule has 4 rings (SSSR count). The van der Waals surface area contributed by atoms with Crippen LogP contribution in [0.5, 0.6) is 0 Å². The van der Waals surface area contributed by atoms with E-state index in [2.05, 4.69) is 34.0 Å². The van der Waals surface area contributed by atoms with E-state index in [0.29, 0.717) is 28.5 Å². The van der Waals surface area contributed by atoms with Gasteiger partial charge in [-0.05, 0) is 55.9 Å². The minimum absolute atomic E-state index is 0.148. The van der Waals surface area contributed by atoms with E-state index < -0.39 is 15.9 Å². The van der Waals surface area contributed by atoms with Gasteiger partial charge in [0.15, 0.2) is 4.80 Å². The van der Waals surface area contributed by atoms with Crippen LogP contribution >= 0.6 is 46.0 Å². The first-order valence-corrected chi connectivity index (χ1v) is 15.1. The number of hydrogen-bond acceptors (Lipinski definition) is 6. The highest BCUT2D eigenvalue weighted by Gasteiger charge is 2.34. The molecule has 1 aliphatic rings. The molecule has 0 spiro atoms. The second kappa shape index (κ2) is 9.99. The number of thiophene rings is 1. The average molecular weight is 530 g/mol. The zero-order chi connectivity index (χ0) is 22.9. The molecule has 1 fully saturated rings. The summed E-state index contributed by atoms with van der Waals surface area (Å²) in [6.45, 7) is 3.36. The van der Waals surface area contributed by atoms with Crippen LogP contribution in [0.3, 0.4) is 0 Å². The number of thiazole rings is 1. The summed E-state index contributed by atoms with van der Waals surface area (Å²) in [5, 5.41) is 0. The number of amides is 1. The number of thioether (sulfide) groups is 1. The molecule has 6 nitrogen and oxygen atoms in total. The Morgan fingerprint density at radius 1 is 1.28 bits per heavy atom. The van der Waals surface area contributed by atoms with Gasteiger partial charge in [-0.2, -0.15) is 21.1 Å². The molecule has 1 unspecified atom stereocenters. The van der Waals surface area contributed by atoms with Gasteiger partial charge in [0, 0.05) is 25.4 Å². The number of benzene rings is 1. The van der Waals surface area contributed by atoms with Crippen LogP contribution in [0.15, 0.2) is 39.5 Å². The molecule has 32 heavy (non-hydrogen) atoms. The highest BCUT2D eigenvalue weighted by Crippen LogP contribution is 2.31. The Bertz CT molecular complexity index is 1310. The predicted molar refractivity (Wildman–Crippen MR) is 134 cm³/mol. The van der Waals surface area contributed by atoms with Gasteiger partial charge in [-0.1, -0.05) is 29.0 Å². The summed E-state index contributed by atoms with van der Waals surface area (Å²) >= 11 is 10.2. The van der Waals surface area contributed by atoms with Crippen molar-refractivity contribution >= 4 is 72.2 Å². The van der Waals surface area contributed by atoms with Crippen LogP contribution in [-0.2, 0) is 21.4 Å². The minimum atomic E-state index is -3.66. The van der Waals surface area contributed by atoms with E-state index in [-0.39, 0.29) is 16.7 Å². The zero-order valence-electron chi connectivity index (χ0n) is 17.8. The molecule has 11 heteroatoms. The van der Waals surface area contributed by atoms with Crippen LogP contribution in [0.1, 0.15) is 18.4 Å². The predicted octanol–water partition coefficient (Wildman–Crippen LogP) is 4.62. The number of nitrogens with zero attached hydrogens (tertiary/aromatic N) is 3. The number of fused-ring (bicyclic) bond motifs is 1. The summed E-state index contributed by atoms with van der Waals surface area (Å²) in [7, 11) is -3.66. The Morgan fingerprint density at radius 2 is 2.09 bits per heavy atom. The highest BCUT2D eigenvalue weighted by atomic mass is 35.5. The van der Waals surface area contributed by atoms with E-state index in [1.165, 1.54) is 21.7 Å². The molecule has 3 heterocycles. The third-order valence-corrected chi connectivity index (χ3v) is 10.6. The van der Waals surface area contributed by atoms with Gasteiger partial charge in [-0.25, -0.2) is 8.42 Å².